The first kappa shape index (κ1) is 127. The van der Waals surface area contributed by atoms with Gasteiger partial charge in [0.1, 0.15) is 0 Å². The second-order valence-electron chi connectivity index (χ2n) is 37.0. The summed E-state index contributed by atoms with van der Waals surface area (Å²) in [5, 5.41) is 8.53. The van der Waals surface area contributed by atoms with E-state index in [0.717, 1.165) is 105 Å². The summed E-state index contributed by atoms with van der Waals surface area (Å²) < 4.78 is 1.34. The lowest BCUT2D eigenvalue weighted by Crippen LogP contribution is -2.14. The number of unbranched alkanes of at least 4 members (excludes halogenated alkanes) is 5. The Morgan fingerprint density at radius 2 is 0.396 bits per heavy atom. The molecule has 0 saturated carbocycles. The lowest BCUT2D eigenvalue weighted by molar-refractivity contribution is 0.502. The van der Waals surface area contributed by atoms with Gasteiger partial charge in [-0.15, -0.1) is 0 Å². The molecule has 3 unspecified atom stereocenters. The smallest absolute Gasteiger partial charge is 0.0207 e. The van der Waals surface area contributed by atoms with E-state index in [1.807, 2.05) is 130 Å². The van der Waals surface area contributed by atoms with E-state index in [4.69, 9.17) is 0 Å². The maximum atomic E-state index is 2.38. The largest absolute Gasteiger partial charge is 0.0939 e. The van der Waals surface area contributed by atoms with Gasteiger partial charge in [0.2, 0.25) is 0 Å². The summed E-state index contributed by atoms with van der Waals surface area (Å²) in [4.78, 5) is 0. The summed E-state index contributed by atoms with van der Waals surface area (Å²) in [5.74, 6) is 9.60. The van der Waals surface area contributed by atoms with Crippen LogP contribution in [0.2, 0.25) is 0 Å². The van der Waals surface area contributed by atoms with E-state index in [1.165, 1.54) is 172 Å². The molecule has 0 bridgehead atoms. The first-order chi connectivity index (χ1) is 48.8. The molecule has 652 valence electrons. The zero-order chi connectivity index (χ0) is 83.9. The Morgan fingerprint density at radius 3 is 0.708 bits per heavy atom. The van der Waals surface area contributed by atoms with Crippen molar-refractivity contribution < 1.29 is 0 Å². The minimum atomic E-state index is 0.444. The fraction of sp³-hybridized carbons (Fsp3) is 1.00. The molecule has 0 heterocycles. The molecule has 0 aliphatic carbocycles. The molecule has 16 heteroatoms. The standard InChI is InChI=1S/C13H28S2.2C12H26S2.3C11H24S2.2C10H22S2/c1-11(2)9-7-8-10-13(5,6)15-14-12(3)4;1-10(2)8-7-9-12(5,6)14-13-11(3)4;1-10(2)8-6-7-9-12(5)14-13-11(3)4;1-9(2)7-8-11(5,6)13-12-10(3)4;1-9(2)7-6-8-11(5)13-12-10(3)4;1-10(2)8-6-5-7-9-12-13-11(3)4;1-8(2)6-7-10(5)12-11-9(3)4;1-9(2)7-5-6-8-11-12-10(3)4/h11-12H,7-10H2,1-6H3;10-11H,7-9H2,1-6H3;10-12H,6-9H2,1-5H3;9-10H,7-8H2,1-6H3;9-11H,6-8H2,1-5H3;10-11H,5-9H2,1-4H3;8-10H,6-7H2,1-5H3;9-10H,5-8H2,1-4H3. The Kier molecular flexibility index (Phi) is 104. The maximum Gasteiger partial charge on any atom is 0.0207 e. The zero-order valence-electron chi connectivity index (χ0n) is 79.1. The second kappa shape index (κ2) is 87.0. The minimum absolute atomic E-state index is 0.444. The average molecular weight is 1790 g/mol. The Hall–Kier alpha value is 5.60. The molecule has 0 radical (unpaired) electrons. The third-order valence-electron chi connectivity index (χ3n) is 14.8. The van der Waals surface area contributed by atoms with Crippen molar-refractivity contribution in [3.05, 3.63) is 0 Å². The first-order valence-electron chi connectivity index (χ1n) is 43.4. The van der Waals surface area contributed by atoms with Crippen LogP contribution in [-0.4, -0.2) is 83.5 Å². The van der Waals surface area contributed by atoms with Crippen LogP contribution in [0.4, 0.5) is 0 Å². The predicted octanol–water partition coefficient (Wildman–Crippen LogP) is 40.7. The third kappa shape index (κ3) is 139. The molecule has 0 aliphatic heterocycles. The summed E-state index contributed by atoms with van der Waals surface area (Å²) in [6.07, 6.45) is 34.6. The highest BCUT2D eigenvalue weighted by atomic mass is 33.1. The van der Waals surface area contributed by atoms with Crippen molar-refractivity contribution in [1.29, 1.82) is 0 Å². The predicted molar refractivity (Wildman–Crippen MR) is 557 cm³/mol. The molecular weight excluding hydrogens is 1590 g/mol. The molecule has 0 rings (SSSR count). The van der Waals surface area contributed by atoms with Crippen LogP contribution in [0.25, 0.3) is 0 Å². The van der Waals surface area contributed by atoms with E-state index in [9.17, 15) is 0 Å². The van der Waals surface area contributed by atoms with Crippen LogP contribution in [0.3, 0.4) is 0 Å². The van der Waals surface area contributed by atoms with Crippen molar-refractivity contribution in [2.75, 3.05) is 11.5 Å². The minimum Gasteiger partial charge on any atom is -0.0939 e. The van der Waals surface area contributed by atoms with Gasteiger partial charge in [-0.3, -0.25) is 0 Å². The van der Waals surface area contributed by atoms with Gasteiger partial charge < -0.3 is 0 Å². The normalized spacial score (nSPS) is 13.0. The quantitative estimate of drug-likeness (QED) is 0.0419. The molecule has 0 aromatic rings. The van der Waals surface area contributed by atoms with Gasteiger partial charge in [-0.05, 0) is 153 Å². The molecule has 0 aliphatic rings. The summed E-state index contributed by atoms with van der Waals surface area (Å²) in [6, 6.07) is 0. The molecule has 0 saturated heterocycles. The number of hydrogen-bond acceptors (Lipinski definition) is 16. The molecule has 106 heavy (non-hydrogen) atoms. The lowest BCUT2D eigenvalue weighted by atomic mass is 10.0. The van der Waals surface area contributed by atoms with E-state index < -0.39 is 0 Å². The highest BCUT2D eigenvalue weighted by molar-refractivity contribution is 8.79. The summed E-state index contributed by atoms with van der Waals surface area (Å²) in [6.45, 7) is 94.3. The highest BCUT2D eigenvalue weighted by Gasteiger charge is 2.22. The van der Waals surface area contributed by atoms with Gasteiger partial charge in [0.25, 0.3) is 0 Å². The van der Waals surface area contributed by atoms with Gasteiger partial charge in [-0.1, -0.05) is 511 Å². The molecule has 0 spiro atoms. The van der Waals surface area contributed by atoms with Crippen LogP contribution >= 0.6 is 173 Å². The number of hydrogen-bond donors (Lipinski definition) is 0. The first-order valence-corrected chi connectivity index (χ1v) is 61.6. The van der Waals surface area contributed by atoms with Crippen molar-refractivity contribution in [2.24, 2.45) is 47.3 Å². The maximum absolute atomic E-state index is 2.38. The van der Waals surface area contributed by atoms with Crippen molar-refractivity contribution in [1.82, 2.24) is 0 Å². The summed E-state index contributed by atoms with van der Waals surface area (Å²) >= 11 is 0. The van der Waals surface area contributed by atoms with E-state index >= 15 is 0 Å². The van der Waals surface area contributed by atoms with Crippen molar-refractivity contribution in [3.8, 4) is 0 Å². The molecule has 0 fully saturated rings. The van der Waals surface area contributed by atoms with Gasteiger partial charge in [0.15, 0.2) is 0 Å². The van der Waals surface area contributed by atoms with Crippen LogP contribution in [-0.2, 0) is 0 Å². The molecule has 0 N–H and O–H groups in total. The fourth-order valence-corrected chi connectivity index (χ4v) is 26.3. The van der Waals surface area contributed by atoms with Crippen molar-refractivity contribution in [2.45, 2.75) is 516 Å². The monoisotopic (exact) mass is 1790 g/mol. The Bertz CT molecular complexity index is 1600. The Labute approximate surface area is 739 Å². The Balaban J connectivity index is -0.000000173. The molecule has 0 aromatic heterocycles. The summed E-state index contributed by atoms with van der Waals surface area (Å²) in [5.41, 5.74) is 0. The fourth-order valence-electron chi connectivity index (χ4n) is 8.58. The summed E-state index contributed by atoms with van der Waals surface area (Å²) in [7, 11) is 32.5. The van der Waals surface area contributed by atoms with Gasteiger partial charge in [-0.25, -0.2) is 0 Å². The van der Waals surface area contributed by atoms with E-state index in [-0.39, 0.29) is 0 Å². The van der Waals surface area contributed by atoms with Crippen molar-refractivity contribution in [3.63, 3.8) is 0 Å². The van der Waals surface area contributed by atoms with Crippen LogP contribution in [0, 0.1) is 47.3 Å². The van der Waals surface area contributed by atoms with E-state index in [2.05, 4.69) is 327 Å². The van der Waals surface area contributed by atoms with Crippen LogP contribution < -0.4 is 0 Å². The number of rotatable bonds is 57. The van der Waals surface area contributed by atoms with Crippen molar-refractivity contribution >= 4 is 173 Å². The lowest BCUT2D eigenvalue weighted by Gasteiger charge is -2.24. The molecule has 0 aromatic carbocycles. The molecule has 0 amide bonds. The average Bonchev–Trinajstić information content (AvgIpc) is 0.942. The second-order valence-corrected chi connectivity index (χ2v) is 63.5. The highest BCUT2D eigenvalue weighted by Crippen LogP contribution is 2.44. The van der Waals surface area contributed by atoms with Gasteiger partial charge >= 0.3 is 0 Å². The Morgan fingerprint density at radius 1 is 0.170 bits per heavy atom. The van der Waals surface area contributed by atoms with E-state index in [1.54, 1.807) is 0 Å². The van der Waals surface area contributed by atoms with Gasteiger partial charge in [-0.2, -0.15) is 0 Å². The van der Waals surface area contributed by atoms with E-state index in [0.29, 0.717) is 14.2 Å². The molecule has 0 nitrogen and oxygen atoms in total. The van der Waals surface area contributed by atoms with Gasteiger partial charge in [0.05, 0.1) is 0 Å². The topological polar surface area (TPSA) is 0 Å². The molecule has 3 atom stereocenters. The van der Waals surface area contributed by atoms with Crippen LogP contribution in [0.5, 0.6) is 0 Å². The zero-order valence-corrected chi connectivity index (χ0v) is 92.2. The van der Waals surface area contributed by atoms with Gasteiger partial charge in [0, 0.05) is 83.5 Å². The molecular formula is C90H196S16. The van der Waals surface area contributed by atoms with Crippen LogP contribution in [0.1, 0.15) is 444 Å². The SMILES string of the molecule is CC(C)CCC(C)(C)SSC(C)C.CC(C)CCC(C)SSC(C)C.CC(C)CCCC(C)(C)SSC(C)C.CC(C)CCCC(C)SSC(C)C.CC(C)CCCCC(C)(C)SSC(C)C.CC(C)CCCCC(C)SSC(C)C.CC(C)CCCCCSSC(C)C.CC(C)CCCCSSC(C)C. The van der Waals surface area contributed by atoms with Crippen LogP contribution in [0.15, 0.2) is 0 Å². The third-order valence-corrected chi connectivity index (χ3v) is 43.3.